The van der Waals surface area contributed by atoms with E-state index in [0.717, 1.165) is 5.56 Å². The number of fused-ring (bicyclic) bond motifs is 1. The molecule has 1 aromatic rings. The first-order valence-electron chi connectivity index (χ1n) is 6.91. The summed E-state index contributed by atoms with van der Waals surface area (Å²) in [5, 5.41) is 19.5. The Bertz CT molecular complexity index is 451. The summed E-state index contributed by atoms with van der Waals surface area (Å²) in [4.78, 5) is 0. The smallest absolute Gasteiger partial charge is 0.184 e. The standard InChI is InChI=1S/C15H20O5/c1-15(9-16)13(17)7-11-12(20-15)8-18-14(19-11)10-5-3-2-4-6-10/h2-6,11-14,16-17H,7-9H2,1H3/t11-,12+,13+,14+,15-/m0/s1. The van der Waals surface area contributed by atoms with Crippen LogP contribution < -0.4 is 0 Å². The van der Waals surface area contributed by atoms with Gasteiger partial charge in [-0.25, -0.2) is 0 Å². The molecule has 0 bridgehead atoms. The van der Waals surface area contributed by atoms with E-state index >= 15 is 0 Å². The lowest BCUT2D eigenvalue weighted by Crippen LogP contribution is -2.60. The third kappa shape index (κ3) is 2.47. The van der Waals surface area contributed by atoms with Crippen molar-refractivity contribution < 1.29 is 24.4 Å². The van der Waals surface area contributed by atoms with Crippen molar-refractivity contribution in [2.45, 2.75) is 43.5 Å². The second-order valence-electron chi connectivity index (χ2n) is 5.63. The molecule has 2 aliphatic heterocycles. The molecule has 2 heterocycles. The number of benzene rings is 1. The summed E-state index contributed by atoms with van der Waals surface area (Å²) in [7, 11) is 0. The van der Waals surface area contributed by atoms with Crippen LogP contribution in [0.4, 0.5) is 0 Å². The molecule has 110 valence electrons. The van der Waals surface area contributed by atoms with Crippen molar-refractivity contribution in [3.05, 3.63) is 35.9 Å². The van der Waals surface area contributed by atoms with Crippen LogP contribution in [0.1, 0.15) is 25.2 Å². The van der Waals surface area contributed by atoms with E-state index in [1.54, 1.807) is 6.92 Å². The van der Waals surface area contributed by atoms with E-state index in [4.69, 9.17) is 14.2 Å². The molecule has 5 nitrogen and oxygen atoms in total. The SMILES string of the molecule is C[C@@]1(CO)O[C@@H]2CO[C@@H](c3ccccc3)O[C@H]2C[C@H]1O. The summed E-state index contributed by atoms with van der Waals surface area (Å²) in [5.41, 5.74) is 0.0175. The van der Waals surface area contributed by atoms with Crippen LogP contribution in [0.3, 0.4) is 0 Å². The highest BCUT2D eigenvalue weighted by molar-refractivity contribution is 5.16. The van der Waals surface area contributed by atoms with Gasteiger partial charge in [0.25, 0.3) is 0 Å². The summed E-state index contributed by atoms with van der Waals surface area (Å²) in [6.45, 7) is 1.88. The maximum Gasteiger partial charge on any atom is 0.184 e. The molecule has 0 unspecified atom stereocenters. The third-order valence-electron chi connectivity index (χ3n) is 4.09. The molecular weight excluding hydrogens is 260 g/mol. The average Bonchev–Trinajstić information content (AvgIpc) is 2.49. The lowest BCUT2D eigenvalue weighted by atomic mass is 9.88. The minimum absolute atomic E-state index is 0.219. The molecule has 20 heavy (non-hydrogen) atoms. The molecule has 1 aromatic carbocycles. The van der Waals surface area contributed by atoms with Gasteiger partial charge in [0.2, 0.25) is 0 Å². The molecule has 5 heteroatoms. The first-order valence-corrected chi connectivity index (χ1v) is 6.91. The highest BCUT2D eigenvalue weighted by Crippen LogP contribution is 2.37. The molecule has 0 aliphatic carbocycles. The normalized spacial score (nSPS) is 41.1. The van der Waals surface area contributed by atoms with Gasteiger partial charge < -0.3 is 24.4 Å². The molecule has 0 aromatic heterocycles. The van der Waals surface area contributed by atoms with Crippen LogP contribution in [0.25, 0.3) is 0 Å². The second-order valence-corrected chi connectivity index (χ2v) is 5.63. The Balaban J connectivity index is 1.71. The van der Waals surface area contributed by atoms with E-state index in [0.29, 0.717) is 13.0 Å². The van der Waals surface area contributed by atoms with Crippen LogP contribution in [-0.2, 0) is 14.2 Å². The Kier molecular flexibility index (Phi) is 3.79. The van der Waals surface area contributed by atoms with Crippen molar-refractivity contribution >= 4 is 0 Å². The van der Waals surface area contributed by atoms with Crippen molar-refractivity contribution in [2.75, 3.05) is 13.2 Å². The Morgan fingerprint density at radius 1 is 1.25 bits per heavy atom. The first kappa shape index (κ1) is 14.0. The molecule has 0 spiro atoms. The zero-order valence-corrected chi connectivity index (χ0v) is 11.4. The number of hydrogen-bond acceptors (Lipinski definition) is 5. The average molecular weight is 280 g/mol. The van der Waals surface area contributed by atoms with Crippen LogP contribution in [0.2, 0.25) is 0 Å². The molecule has 2 fully saturated rings. The largest absolute Gasteiger partial charge is 0.393 e. The van der Waals surface area contributed by atoms with E-state index in [2.05, 4.69) is 0 Å². The van der Waals surface area contributed by atoms with E-state index in [1.807, 2.05) is 30.3 Å². The van der Waals surface area contributed by atoms with E-state index in [-0.39, 0.29) is 18.8 Å². The van der Waals surface area contributed by atoms with Gasteiger partial charge in [-0.3, -0.25) is 0 Å². The fourth-order valence-corrected chi connectivity index (χ4v) is 2.71. The molecule has 2 N–H and O–H groups in total. The van der Waals surface area contributed by atoms with Crippen molar-refractivity contribution in [3.8, 4) is 0 Å². The van der Waals surface area contributed by atoms with Gasteiger partial charge in [-0.15, -0.1) is 0 Å². The molecule has 2 saturated heterocycles. The third-order valence-corrected chi connectivity index (χ3v) is 4.09. The van der Waals surface area contributed by atoms with Gasteiger partial charge in [-0.05, 0) is 6.92 Å². The van der Waals surface area contributed by atoms with Crippen molar-refractivity contribution in [1.29, 1.82) is 0 Å². The monoisotopic (exact) mass is 280 g/mol. The lowest BCUT2D eigenvalue weighted by molar-refractivity contribution is -0.324. The van der Waals surface area contributed by atoms with Gasteiger partial charge in [-0.2, -0.15) is 0 Å². The van der Waals surface area contributed by atoms with Crippen LogP contribution >= 0.6 is 0 Å². The predicted octanol–water partition coefficient (Wildman–Crippen LogP) is 1.00. The zero-order chi connectivity index (χ0) is 14.2. The van der Waals surface area contributed by atoms with Gasteiger partial charge in [0.15, 0.2) is 6.29 Å². The molecule has 3 rings (SSSR count). The summed E-state index contributed by atoms with van der Waals surface area (Å²) in [6.07, 6.45) is -1.21. The second kappa shape index (κ2) is 5.42. The van der Waals surface area contributed by atoms with Crippen LogP contribution in [0.15, 0.2) is 30.3 Å². The number of hydrogen-bond donors (Lipinski definition) is 2. The molecule has 2 aliphatic rings. The van der Waals surface area contributed by atoms with E-state index in [9.17, 15) is 10.2 Å². The van der Waals surface area contributed by atoms with E-state index in [1.165, 1.54) is 0 Å². The fraction of sp³-hybridized carbons (Fsp3) is 0.600. The molecule has 0 radical (unpaired) electrons. The fourth-order valence-electron chi connectivity index (χ4n) is 2.71. The van der Waals surface area contributed by atoms with Gasteiger partial charge >= 0.3 is 0 Å². The summed E-state index contributed by atoms with van der Waals surface area (Å²) in [6, 6.07) is 9.70. The first-order chi connectivity index (χ1) is 9.62. The van der Waals surface area contributed by atoms with E-state index < -0.39 is 18.0 Å². The molecule has 0 amide bonds. The zero-order valence-electron chi connectivity index (χ0n) is 11.4. The van der Waals surface area contributed by atoms with Gasteiger partial charge in [0, 0.05) is 12.0 Å². The van der Waals surface area contributed by atoms with Crippen LogP contribution in [0.5, 0.6) is 0 Å². The predicted molar refractivity (Wildman–Crippen MR) is 71.0 cm³/mol. The molecular formula is C15H20O5. The van der Waals surface area contributed by atoms with Crippen molar-refractivity contribution in [1.82, 2.24) is 0 Å². The number of ether oxygens (including phenoxy) is 3. The highest BCUT2D eigenvalue weighted by Gasteiger charge is 2.48. The Hall–Kier alpha value is -0.980. The van der Waals surface area contributed by atoms with Gasteiger partial charge in [0.05, 0.1) is 25.4 Å². The lowest BCUT2D eigenvalue weighted by Gasteiger charge is -2.48. The van der Waals surface area contributed by atoms with Crippen LogP contribution in [-0.4, -0.2) is 47.3 Å². The minimum atomic E-state index is -0.937. The Labute approximate surface area is 118 Å². The Morgan fingerprint density at radius 3 is 2.70 bits per heavy atom. The number of rotatable bonds is 2. The van der Waals surface area contributed by atoms with Gasteiger partial charge in [0.1, 0.15) is 11.7 Å². The maximum absolute atomic E-state index is 10.1. The van der Waals surface area contributed by atoms with Gasteiger partial charge in [-0.1, -0.05) is 30.3 Å². The van der Waals surface area contributed by atoms with Crippen molar-refractivity contribution in [3.63, 3.8) is 0 Å². The number of aliphatic hydroxyl groups is 2. The van der Waals surface area contributed by atoms with Crippen molar-refractivity contribution in [2.24, 2.45) is 0 Å². The summed E-state index contributed by atoms with van der Waals surface area (Å²) >= 11 is 0. The Morgan fingerprint density at radius 2 is 2.00 bits per heavy atom. The quantitative estimate of drug-likeness (QED) is 0.846. The van der Waals surface area contributed by atoms with Crippen LogP contribution in [0, 0.1) is 0 Å². The molecule has 5 atom stereocenters. The maximum atomic E-state index is 10.1. The summed E-state index contributed by atoms with van der Waals surface area (Å²) < 4.78 is 17.4. The topological polar surface area (TPSA) is 68.2 Å². The molecule has 0 saturated carbocycles. The summed E-state index contributed by atoms with van der Waals surface area (Å²) in [5.74, 6) is 0. The highest BCUT2D eigenvalue weighted by atomic mass is 16.7. The minimum Gasteiger partial charge on any atom is -0.393 e. The number of aliphatic hydroxyl groups excluding tert-OH is 2.